The predicted octanol–water partition coefficient (Wildman–Crippen LogP) is 3.32. The lowest BCUT2D eigenvalue weighted by atomic mass is 10.2. The van der Waals surface area contributed by atoms with Crippen molar-refractivity contribution in [1.29, 1.82) is 0 Å². The lowest BCUT2D eigenvalue weighted by Crippen LogP contribution is -2.65. The smallest absolute Gasteiger partial charge is 0.399 e. The van der Waals surface area contributed by atoms with Crippen molar-refractivity contribution < 1.29 is 36.0 Å². The standard InChI is InChI=1S/C9H20O4Si.C6H16O2Si.C3H10O2Si/c1-10-9(11-2)7-5-6-8-14(9,12-3)13-4;1-5-7-9(3,4)8-6-2;1-4-6(3)5-2/h5-8H2,1-4H3;5-6H2,1-4H3;6H,1-3H3. The second-order valence-corrected chi connectivity index (χ2v) is 15.9. The topological polar surface area (TPSA) is 73.8 Å². The second kappa shape index (κ2) is 17.0. The van der Waals surface area contributed by atoms with E-state index in [0.29, 0.717) is 0 Å². The molecule has 0 bridgehead atoms. The van der Waals surface area contributed by atoms with Crippen molar-refractivity contribution in [3.63, 3.8) is 0 Å². The van der Waals surface area contributed by atoms with Crippen molar-refractivity contribution in [2.75, 3.05) is 55.9 Å². The Kier molecular flexibility index (Phi) is 18.4. The van der Waals surface area contributed by atoms with Crippen LogP contribution >= 0.6 is 0 Å². The molecule has 0 aliphatic carbocycles. The molecule has 0 unspecified atom stereocenters. The first-order valence-electron chi connectivity index (χ1n) is 10.2. The maximum Gasteiger partial charge on any atom is 0.399 e. The fourth-order valence-corrected chi connectivity index (χ4v) is 8.27. The van der Waals surface area contributed by atoms with Crippen LogP contribution in [0, 0.1) is 0 Å². The minimum absolute atomic E-state index is 0.630. The number of hydrogen-bond acceptors (Lipinski definition) is 8. The Morgan fingerprint density at radius 3 is 1.52 bits per heavy atom. The molecular formula is C18H46O8Si3. The van der Waals surface area contributed by atoms with Gasteiger partial charge in [0.1, 0.15) is 0 Å². The molecule has 1 aliphatic heterocycles. The molecule has 1 saturated heterocycles. The third-order valence-corrected chi connectivity index (χ3v) is 12.3. The first-order valence-corrected chi connectivity index (χ1v) is 17.1. The molecular weight excluding hydrogens is 428 g/mol. The Morgan fingerprint density at radius 1 is 0.828 bits per heavy atom. The summed E-state index contributed by atoms with van der Waals surface area (Å²) in [6, 6.07) is 0.932. The Bertz CT molecular complexity index is 348. The molecule has 0 radical (unpaired) electrons. The molecule has 0 amide bonds. The minimum atomic E-state index is -2.35. The van der Waals surface area contributed by atoms with Crippen LogP contribution in [-0.2, 0) is 36.0 Å². The molecule has 0 saturated carbocycles. The van der Waals surface area contributed by atoms with Gasteiger partial charge >= 0.3 is 26.4 Å². The number of methoxy groups -OCH3 is 2. The number of hydrogen-bond donors (Lipinski definition) is 0. The van der Waals surface area contributed by atoms with E-state index in [1.165, 1.54) is 0 Å². The lowest BCUT2D eigenvalue weighted by molar-refractivity contribution is -0.183. The van der Waals surface area contributed by atoms with Gasteiger partial charge in [-0.25, -0.2) is 0 Å². The molecule has 0 aromatic carbocycles. The van der Waals surface area contributed by atoms with Crippen molar-refractivity contribution in [3.05, 3.63) is 0 Å². The summed E-state index contributed by atoms with van der Waals surface area (Å²) in [6.45, 7) is 11.6. The zero-order chi connectivity index (χ0) is 23.0. The summed E-state index contributed by atoms with van der Waals surface area (Å²) < 4.78 is 42.6. The molecule has 178 valence electrons. The summed E-state index contributed by atoms with van der Waals surface area (Å²) in [5.74, 6) is 0. The van der Waals surface area contributed by atoms with E-state index in [1.54, 1.807) is 42.7 Å². The van der Waals surface area contributed by atoms with Crippen LogP contribution in [0.4, 0.5) is 0 Å². The Labute approximate surface area is 182 Å². The predicted molar refractivity (Wildman–Crippen MR) is 123 cm³/mol. The summed E-state index contributed by atoms with van der Waals surface area (Å²) in [4.78, 5) is 0. The van der Waals surface area contributed by atoms with Gasteiger partial charge in [0.2, 0.25) is 5.41 Å². The molecule has 1 rings (SSSR count). The van der Waals surface area contributed by atoms with Crippen molar-refractivity contribution >= 4 is 26.4 Å². The van der Waals surface area contributed by atoms with Crippen molar-refractivity contribution in [3.8, 4) is 0 Å². The molecule has 29 heavy (non-hydrogen) atoms. The summed E-state index contributed by atoms with van der Waals surface area (Å²) in [5.41, 5.74) is -0.630. The van der Waals surface area contributed by atoms with Crippen molar-refractivity contribution in [1.82, 2.24) is 0 Å². The molecule has 0 spiro atoms. The monoisotopic (exact) mass is 474 g/mol. The molecule has 1 heterocycles. The quantitative estimate of drug-likeness (QED) is 0.353. The van der Waals surface area contributed by atoms with Crippen molar-refractivity contribution in [2.24, 2.45) is 0 Å². The molecule has 0 aromatic rings. The molecule has 1 fully saturated rings. The largest absolute Gasteiger partial charge is 0.400 e. The van der Waals surface area contributed by atoms with Crippen LogP contribution in [0.2, 0.25) is 25.7 Å². The van der Waals surface area contributed by atoms with E-state index in [4.69, 9.17) is 36.0 Å². The Balaban J connectivity index is 0. The van der Waals surface area contributed by atoms with Crippen LogP contribution in [0.15, 0.2) is 0 Å². The highest BCUT2D eigenvalue weighted by Gasteiger charge is 2.60. The van der Waals surface area contributed by atoms with E-state index in [1.807, 2.05) is 20.4 Å². The lowest BCUT2D eigenvalue weighted by Gasteiger charge is -2.46. The second-order valence-electron chi connectivity index (χ2n) is 6.83. The van der Waals surface area contributed by atoms with Gasteiger partial charge < -0.3 is 36.0 Å². The van der Waals surface area contributed by atoms with Gasteiger partial charge in [-0.05, 0) is 46.0 Å². The minimum Gasteiger partial charge on any atom is -0.400 e. The van der Waals surface area contributed by atoms with Gasteiger partial charge in [-0.1, -0.05) is 6.42 Å². The maximum absolute atomic E-state index is 5.59. The summed E-state index contributed by atoms with van der Waals surface area (Å²) >= 11 is 0. The SMILES string of the molecule is CCO[Si](C)(C)OCC.COC1(OC)CCCC[Si]1(OC)OC.CO[SiH](C)OC. The van der Waals surface area contributed by atoms with Crippen LogP contribution in [0.25, 0.3) is 0 Å². The van der Waals surface area contributed by atoms with E-state index in [-0.39, 0.29) is 0 Å². The summed E-state index contributed by atoms with van der Waals surface area (Å²) in [6.07, 6.45) is 3.08. The average molecular weight is 475 g/mol. The highest BCUT2D eigenvalue weighted by molar-refractivity contribution is 6.70. The molecule has 0 N–H and O–H groups in total. The third kappa shape index (κ3) is 11.0. The zero-order valence-corrected chi connectivity index (χ0v) is 23.7. The van der Waals surface area contributed by atoms with Crippen LogP contribution in [0.5, 0.6) is 0 Å². The van der Waals surface area contributed by atoms with E-state index in [0.717, 1.165) is 38.5 Å². The molecule has 0 aromatic heterocycles. The van der Waals surface area contributed by atoms with Gasteiger partial charge in [0, 0.05) is 62.3 Å². The van der Waals surface area contributed by atoms with Crippen LogP contribution in [0.1, 0.15) is 33.1 Å². The highest BCUT2D eigenvalue weighted by atomic mass is 28.4. The van der Waals surface area contributed by atoms with Gasteiger partial charge in [0.25, 0.3) is 0 Å². The third-order valence-electron chi connectivity index (χ3n) is 4.81. The summed E-state index contributed by atoms with van der Waals surface area (Å²) in [5, 5.41) is 0. The normalized spacial score (nSPS) is 17.8. The number of rotatable bonds is 10. The highest BCUT2D eigenvalue weighted by Crippen LogP contribution is 2.40. The van der Waals surface area contributed by atoms with Crippen molar-refractivity contribution in [2.45, 2.75) is 64.2 Å². The van der Waals surface area contributed by atoms with E-state index >= 15 is 0 Å². The summed E-state index contributed by atoms with van der Waals surface area (Å²) in [7, 11) is 4.81. The van der Waals surface area contributed by atoms with Crippen LogP contribution < -0.4 is 0 Å². The maximum atomic E-state index is 5.59. The Morgan fingerprint density at radius 2 is 1.28 bits per heavy atom. The zero-order valence-electron chi connectivity index (χ0n) is 20.6. The van der Waals surface area contributed by atoms with E-state index in [2.05, 4.69) is 13.1 Å². The Hall–Kier alpha value is 0.331. The van der Waals surface area contributed by atoms with E-state index in [9.17, 15) is 0 Å². The first-order chi connectivity index (χ1) is 13.6. The molecule has 1 aliphatic rings. The van der Waals surface area contributed by atoms with E-state index < -0.39 is 31.8 Å². The fourth-order valence-electron chi connectivity index (χ4n) is 3.13. The van der Waals surface area contributed by atoms with Crippen LogP contribution in [-0.4, -0.2) is 87.7 Å². The molecule has 0 atom stereocenters. The molecule has 11 heteroatoms. The van der Waals surface area contributed by atoms with Gasteiger partial charge in [0.15, 0.2) is 0 Å². The van der Waals surface area contributed by atoms with Crippen LogP contribution in [0.3, 0.4) is 0 Å². The fraction of sp³-hybridized carbons (Fsp3) is 1.00. The van der Waals surface area contributed by atoms with Gasteiger partial charge in [-0.2, -0.15) is 0 Å². The average Bonchev–Trinajstić information content (AvgIpc) is 2.73. The number of ether oxygens (including phenoxy) is 2. The van der Waals surface area contributed by atoms with Gasteiger partial charge in [-0.15, -0.1) is 0 Å². The van der Waals surface area contributed by atoms with Gasteiger partial charge in [0.05, 0.1) is 0 Å². The first kappa shape index (κ1) is 31.5. The van der Waals surface area contributed by atoms with Gasteiger partial charge in [-0.3, -0.25) is 0 Å². The molecule has 8 nitrogen and oxygen atoms in total.